The van der Waals surface area contributed by atoms with Gasteiger partial charge in [0, 0.05) is 30.4 Å². The van der Waals surface area contributed by atoms with Crippen LogP contribution in [0.3, 0.4) is 0 Å². The zero-order valence-corrected chi connectivity index (χ0v) is 16.0. The van der Waals surface area contributed by atoms with E-state index in [0.717, 1.165) is 31.7 Å². The first-order valence-electron chi connectivity index (χ1n) is 9.07. The summed E-state index contributed by atoms with van der Waals surface area (Å²) in [4.78, 5) is 14.8. The number of likely N-dealkylation sites (tertiary alicyclic amines) is 1. The standard InChI is InChI=1S/C21H26N2O4/c1-23-10-8-18(9-11-23)27-17-6-4-16(5-7-17)22-21(24)15-12-19(25-2)14-20(13-15)26-3/h4-7,12-14,18H,8-11H2,1-3H3,(H,22,24). The number of carbonyl (C=O) groups is 1. The predicted molar refractivity (Wildman–Crippen MR) is 105 cm³/mol. The molecular formula is C21H26N2O4. The van der Waals surface area contributed by atoms with Gasteiger partial charge in [0.1, 0.15) is 23.4 Å². The Morgan fingerprint density at radius 3 is 2.11 bits per heavy atom. The lowest BCUT2D eigenvalue weighted by Crippen LogP contribution is -2.35. The average Bonchev–Trinajstić information content (AvgIpc) is 2.70. The van der Waals surface area contributed by atoms with Gasteiger partial charge >= 0.3 is 0 Å². The molecule has 1 amide bonds. The lowest BCUT2D eigenvalue weighted by atomic mass is 10.1. The third-order valence-corrected chi connectivity index (χ3v) is 4.69. The summed E-state index contributed by atoms with van der Waals surface area (Å²) in [6.45, 7) is 2.12. The molecule has 0 saturated carbocycles. The number of hydrogen-bond donors (Lipinski definition) is 1. The van der Waals surface area contributed by atoms with Crippen molar-refractivity contribution in [1.82, 2.24) is 4.90 Å². The zero-order chi connectivity index (χ0) is 19.2. The fraction of sp³-hybridized carbons (Fsp3) is 0.381. The molecule has 1 saturated heterocycles. The van der Waals surface area contributed by atoms with Crippen LogP contribution < -0.4 is 19.5 Å². The lowest BCUT2D eigenvalue weighted by Gasteiger charge is -2.29. The quantitative estimate of drug-likeness (QED) is 0.844. The average molecular weight is 370 g/mol. The van der Waals surface area contributed by atoms with Crippen molar-refractivity contribution in [1.29, 1.82) is 0 Å². The minimum Gasteiger partial charge on any atom is -0.497 e. The van der Waals surface area contributed by atoms with Gasteiger partial charge in [0.15, 0.2) is 0 Å². The van der Waals surface area contributed by atoms with Crippen molar-refractivity contribution in [2.24, 2.45) is 0 Å². The van der Waals surface area contributed by atoms with E-state index >= 15 is 0 Å². The van der Waals surface area contributed by atoms with Crippen LogP contribution in [-0.4, -0.2) is 51.3 Å². The summed E-state index contributed by atoms with van der Waals surface area (Å²) in [6.07, 6.45) is 2.32. The van der Waals surface area contributed by atoms with Crippen molar-refractivity contribution in [3.05, 3.63) is 48.0 Å². The van der Waals surface area contributed by atoms with Gasteiger partial charge in [-0.15, -0.1) is 0 Å². The Bertz CT molecular complexity index is 746. The van der Waals surface area contributed by atoms with Crippen molar-refractivity contribution < 1.29 is 19.0 Å². The molecule has 1 aliphatic heterocycles. The minimum absolute atomic E-state index is 0.226. The maximum Gasteiger partial charge on any atom is 0.255 e. The highest BCUT2D eigenvalue weighted by Crippen LogP contribution is 2.24. The van der Waals surface area contributed by atoms with Crippen molar-refractivity contribution in [3.8, 4) is 17.2 Å². The van der Waals surface area contributed by atoms with E-state index in [1.807, 2.05) is 24.3 Å². The van der Waals surface area contributed by atoms with Crippen LogP contribution in [0.2, 0.25) is 0 Å². The fourth-order valence-corrected chi connectivity index (χ4v) is 3.05. The van der Waals surface area contributed by atoms with Crippen LogP contribution in [0.15, 0.2) is 42.5 Å². The molecule has 1 heterocycles. The normalized spacial score (nSPS) is 15.2. The number of methoxy groups -OCH3 is 2. The van der Waals surface area contributed by atoms with Gasteiger partial charge in [0.2, 0.25) is 0 Å². The maximum absolute atomic E-state index is 12.5. The number of amides is 1. The summed E-state index contributed by atoms with van der Waals surface area (Å²) >= 11 is 0. The third-order valence-electron chi connectivity index (χ3n) is 4.69. The Morgan fingerprint density at radius 1 is 0.963 bits per heavy atom. The number of benzene rings is 2. The van der Waals surface area contributed by atoms with Gasteiger partial charge in [-0.25, -0.2) is 0 Å². The van der Waals surface area contributed by atoms with E-state index < -0.39 is 0 Å². The van der Waals surface area contributed by atoms with Gasteiger partial charge in [0.05, 0.1) is 14.2 Å². The van der Waals surface area contributed by atoms with Gasteiger partial charge in [-0.05, 0) is 56.3 Å². The first-order valence-corrected chi connectivity index (χ1v) is 9.07. The van der Waals surface area contributed by atoms with Gasteiger partial charge < -0.3 is 24.4 Å². The number of anilines is 1. The molecule has 1 aliphatic rings. The number of piperidine rings is 1. The highest BCUT2D eigenvalue weighted by atomic mass is 16.5. The van der Waals surface area contributed by atoms with Crippen molar-refractivity contribution in [3.63, 3.8) is 0 Å². The molecule has 6 heteroatoms. The van der Waals surface area contributed by atoms with E-state index in [0.29, 0.717) is 22.7 Å². The first kappa shape index (κ1) is 19.0. The smallest absolute Gasteiger partial charge is 0.255 e. The molecule has 0 aliphatic carbocycles. The largest absolute Gasteiger partial charge is 0.497 e. The zero-order valence-electron chi connectivity index (χ0n) is 16.0. The minimum atomic E-state index is -0.226. The van der Waals surface area contributed by atoms with E-state index in [1.54, 1.807) is 32.4 Å². The van der Waals surface area contributed by atoms with E-state index in [-0.39, 0.29) is 12.0 Å². The van der Waals surface area contributed by atoms with E-state index in [1.165, 1.54) is 0 Å². The first-order chi connectivity index (χ1) is 13.1. The Hall–Kier alpha value is -2.73. The van der Waals surface area contributed by atoms with E-state index in [4.69, 9.17) is 14.2 Å². The molecule has 6 nitrogen and oxygen atoms in total. The molecule has 0 unspecified atom stereocenters. The molecule has 27 heavy (non-hydrogen) atoms. The second kappa shape index (κ2) is 8.77. The fourth-order valence-electron chi connectivity index (χ4n) is 3.05. The summed E-state index contributed by atoms with van der Waals surface area (Å²) in [6, 6.07) is 12.6. The van der Waals surface area contributed by atoms with Crippen LogP contribution in [0.5, 0.6) is 17.2 Å². The summed E-state index contributed by atoms with van der Waals surface area (Å²) in [5.41, 5.74) is 1.18. The Balaban J connectivity index is 1.61. The molecule has 2 aromatic carbocycles. The second-order valence-corrected chi connectivity index (χ2v) is 6.70. The molecule has 0 radical (unpaired) electrons. The molecule has 3 rings (SSSR count). The number of carbonyl (C=O) groups excluding carboxylic acids is 1. The molecule has 0 atom stereocenters. The van der Waals surface area contributed by atoms with Gasteiger partial charge in [-0.3, -0.25) is 4.79 Å². The Labute approximate surface area is 160 Å². The van der Waals surface area contributed by atoms with Crippen LogP contribution in [-0.2, 0) is 0 Å². The van der Waals surface area contributed by atoms with Crippen LogP contribution in [0.4, 0.5) is 5.69 Å². The van der Waals surface area contributed by atoms with Gasteiger partial charge in [-0.2, -0.15) is 0 Å². The van der Waals surface area contributed by atoms with E-state index in [2.05, 4.69) is 17.3 Å². The van der Waals surface area contributed by atoms with Gasteiger partial charge in [-0.1, -0.05) is 0 Å². The van der Waals surface area contributed by atoms with Crippen LogP contribution in [0.1, 0.15) is 23.2 Å². The Kier molecular flexibility index (Phi) is 6.19. The topological polar surface area (TPSA) is 60.0 Å². The number of rotatable bonds is 6. The van der Waals surface area contributed by atoms with Crippen LogP contribution >= 0.6 is 0 Å². The third kappa shape index (κ3) is 5.14. The van der Waals surface area contributed by atoms with Crippen LogP contribution in [0.25, 0.3) is 0 Å². The van der Waals surface area contributed by atoms with Crippen molar-refractivity contribution >= 4 is 11.6 Å². The molecule has 0 bridgehead atoms. The monoisotopic (exact) mass is 370 g/mol. The highest BCUT2D eigenvalue weighted by Gasteiger charge is 2.18. The number of ether oxygens (including phenoxy) is 3. The summed E-state index contributed by atoms with van der Waals surface area (Å²) in [5, 5.41) is 2.89. The second-order valence-electron chi connectivity index (χ2n) is 6.70. The molecular weight excluding hydrogens is 344 g/mol. The molecule has 144 valence electrons. The molecule has 1 N–H and O–H groups in total. The summed E-state index contributed by atoms with van der Waals surface area (Å²) < 4.78 is 16.5. The Morgan fingerprint density at radius 2 is 1.56 bits per heavy atom. The number of nitrogens with zero attached hydrogens (tertiary/aromatic N) is 1. The predicted octanol–water partition coefficient (Wildman–Crippen LogP) is 3.43. The molecule has 0 spiro atoms. The van der Waals surface area contributed by atoms with Crippen molar-refractivity contribution in [2.75, 3.05) is 39.7 Å². The summed E-state index contributed by atoms with van der Waals surface area (Å²) in [7, 11) is 5.24. The highest BCUT2D eigenvalue weighted by molar-refractivity contribution is 6.04. The van der Waals surface area contributed by atoms with Crippen molar-refractivity contribution in [2.45, 2.75) is 18.9 Å². The molecule has 2 aromatic rings. The van der Waals surface area contributed by atoms with Gasteiger partial charge in [0.25, 0.3) is 5.91 Å². The van der Waals surface area contributed by atoms with E-state index in [9.17, 15) is 4.79 Å². The number of nitrogens with one attached hydrogen (secondary N) is 1. The molecule has 1 fully saturated rings. The molecule has 0 aromatic heterocycles. The number of hydrogen-bond acceptors (Lipinski definition) is 5. The summed E-state index contributed by atoms with van der Waals surface area (Å²) in [5.74, 6) is 1.74. The lowest BCUT2D eigenvalue weighted by molar-refractivity contribution is 0.102. The maximum atomic E-state index is 12.5. The van der Waals surface area contributed by atoms with Crippen LogP contribution in [0, 0.1) is 0 Å². The SMILES string of the molecule is COc1cc(OC)cc(C(=O)Nc2ccc(OC3CCN(C)CC3)cc2)c1.